The number of hydrogen-bond donors (Lipinski definition) is 0. The third-order valence-corrected chi connectivity index (χ3v) is 7.00. The first-order chi connectivity index (χ1) is 16.1. The lowest BCUT2D eigenvalue weighted by Crippen LogP contribution is -2.47. The number of aromatic nitrogens is 3. The van der Waals surface area contributed by atoms with E-state index in [1.165, 1.54) is 4.68 Å². The molecule has 182 valence electrons. The van der Waals surface area contributed by atoms with Gasteiger partial charge in [-0.25, -0.2) is 9.67 Å². The number of aryl methyl sites for hydroxylation is 1. The fourth-order valence-corrected chi connectivity index (χ4v) is 5.23. The van der Waals surface area contributed by atoms with Gasteiger partial charge < -0.3 is 4.74 Å². The molecule has 2 aromatic heterocycles. The molecule has 4 rings (SSSR count). The molecule has 0 saturated heterocycles. The molecular formula is C22H22F3N3O5S. The molecule has 34 heavy (non-hydrogen) atoms. The first-order valence-corrected chi connectivity index (χ1v) is 11.7. The van der Waals surface area contributed by atoms with Crippen molar-refractivity contribution in [3.8, 4) is 0 Å². The van der Waals surface area contributed by atoms with E-state index in [0.717, 1.165) is 23.8 Å². The topological polar surface area (TPSA) is 108 Å². The van der Waals surface area contributed by atoms with Crippen molar-refractivity contribution in [3.05, 3.63) is 43.8 Å². The van der Waals surface area contributed by atoms with Gasteiger partial charge in [0.1, 0.15) is 16.6 Å². The van der Waals surface area contributed by atoms with Crippen LogP contribution in [0, 0.1) is 24.7 Å². The number of ether oxygens (including phenoxy) is 1. The number of pyridine rings is 1. The standard InChI is InChI=1S/C22H22F3N3O5S/c1-11-27-28(21(32)34-11)7-8-33-10-15-14(5-6-16(26-15)22(23,24)25)20(31)17-18(29)12-3-2-4-13(9-12)19(17)30/h5-6,12-13,17H,2-4,7-10H2,1H3. The van der Waals surface area contributed by atoms with E-state index in [4.69, 9.17) is 4.74 Å². The smallest absolute Gasteiger partial charge is 0.373 e. The van der Waals surface area contributed by atoms with E-state index in [2.05, 4.69) is 10.1 Å². The first kappa shape index (κ1) is 24.4. The zero-order chi connectivity index (χ0) is 24.6. The highest BCUT2D eigenvalue weighted by Crippen LogP contribution is 2.40. The van der Waals surface area contributed by atoms with E-state index >= 15 is 0 Å². The van der Waals surface area contributed by atoms with Crippen molar-refractivity contribution in [1.29, 1.82) is 0 Å². The second-order valence-electron chi connectivity index (χ2n) is 8.51. The number of hydrogen-bond acceptors (Lipinski definition) is 8. The van der Waals surface area contributed by atoms with Crippen LogP contribution < -0.4 is 4.87 Å². The van der Waals surface area contributed by atoms with Crippen molar-refractivity contribution in [3.63, 3.8) is 0 Å². The molecule has 0 aromatic carbocycles. The molecule has 2 fully saturated rings. The van der Waals surface area contributed by atoms with Gasteiger partial charge in [-0.2, -0.15) is 18.3 Å². The molecule has 2 aliphatic rings. The van der Waals surface area contributed by atoms with Crippen LogP contribution in [0.5, 0.6) is 0 Å². The lowest BCUT2D eigenvalue weighted by molar-refractivity contribution is -0.143. The van der Waals surface area contributed by atoms with E-state index in [0.29, 0.717) is 30.3 Å². The molecule has 2 saturated carbocycles. The van der Waals surface area contributed by atoms with Crippen LogP contribution in [0.3, 0.4) is 0 Å². The normalized spacial score (nSPS) is 22.8. The Labute approximate surface area is 196 Å². The minimum Gasteiger partial charge on any atom is -0.373 e. The number of carbonyl (C=O) groups excluding carboxylic acids is 3. The van der Waals surface area contributed by atoms with E-state index in [1.54, 1.807) is 6.92 Å². The van der Waals surface area contributed by atoms with Gasteiger partial charge in [0.05, 0.1) is 25.5 Å². The summed E-state index contributed by atoms with van der Waals surface area (Å²) in [6, 6.07) is 1.61. The van der Waals surface area contributed by atoms with Crippen LogP contribution in [0.25, 0.3) is 0 Å². The Hall–Kier alpha value is -2.73. The van der Waals surface area contributed by atoms with Gasteiger partial charge in [0.25, 0.3) is 0 Å². The summed E-state index contributed by atoms with van der Waals surface area (Å²) >= 11 is 0.953. The summed E-state index contributed by atoms with van der Waals surface area (Å²) in [7, 11) is 0. The number of carbonyl (C=O) groups is 3. The number of rotatable bonds is 7. The van der Waals surface area contributed by atoms with Crippen molar-refractivity contribution in [2.24, 2.45) is 17.8 Å². The molecule has 2 aliphatic carbocycles. The number of Topliss-reactive ketones (excluding diaryl/α,β-unsaturated/α-hetero) is 3. The highest BCUT2D eigenvalue weighted by molar-refractivity contribution is 7.08. The Kier molecular flexibility index (Phi) is 6.81. The molecule has 2 atom stereocenters. The Balaban J connectivity index is 1.56. The van der Waals surface area contributed by atoms with E-state index in [1.807, 2.05) is 0 Å². The van der Waals surface area contributed by atoms with E-state index < -0.39 is 41.7 Å². The molecule has 2 bridgehead atoms. The molecule has 8 nitrogen and oxygen atoms in total. The van der Waals surface area contributed by atoms with Crippen LogP contribution in [0.2, 0.25) is 0 Å². The molecule has 2 unspecified atom stereocenters. The second-order valence-corrected chi connectivity index (χ2v) is 9.66. The summed E-state index contributed by atoms with van der Waals surface area (Å²) in [6.45, 7) is 1.19. The van der Waals surface area contributed by atoms with Crippen molar-refractivity contribution in [2.75, 3.05) is 6.61 Å². The zero-order valence-electron chi connectivity index (χ0n) is 18.3. The van der Waals surface area contributed by atoms with Gasteiger partial charge in [0.15, 0.2) is 17.3 Å². The number of ketones is 3. The van der Waals surface area contributed by atoms with Gasteiger partial charge in [-0.1, -0.05) is 17.8 Å². The summed E-state index contributed by atoms with van der Waals surface area (Å²) in [4.78, 5) is 54.0. The SMILES string of the molecule is Cc1nn(CCOCc2nc(C(F)(F)F)ccc2C(=O)C2C(=O)C3CCCC(C3)C2=O)c(=O)s1. The van der Waals surface area contributed by atoms with Crippen molar-refractivity contribution in [1.82, 2.24) is 14.8 Å². The van der Waals surface area contributed by atoms with Crippen LogP contribution in [0.1, 0.15) is 52.4 Å². The quantitative estimate of drug-likeness (QED) is 0.329. The summed E-state index contributed by atoms with van der Waals surface area (Å²) in [5.74, 6) is -4.04. The minimum atomic E-state index is -4.75. The van der Waals surface area contributed by atoms with Gasteiger partial charge in [-0.15, -0.1) is 0 Å². The van der Waals surface area contributed by atoms with Gasteiger partial charge >= 0.3 is 11.0 Å². The Morgan fingerprint density at radius 1 is 1.18 bits per heavy atom. The molecule has 12 heteroatoms. The molecule has 0 spiro atoms. The molecule has 2 heterocycles. The highest BCUT2D eigenvalue weighted by Gasteiger charge is 2.48. The third-order valence-electron chi connectivity index (χ3n) is 6.23. The lowest BCUT2D eigenvalue weighted by atomic mass is 9.65. The first-order valence-electron chi connectivity index (χ1n) is 10.9. The number of nitrogens with zero attached hydrogens (tertiary/aromatic N) is 3. The van der Waals surface area contributed by atoms with Crippen LogP contribution in [-0.4, -0.2) is 38.7 Å². The fourth-order valence-electron chi connectivity index (χ4n) is 4.60. The largest absolute Gasteiger partial charge is 0.433 e. The van der Waals surface area contributed by atoms with Crippen molar-refractivity contribution >= 4 is 28.7 Å². The second kappa shape index (κ2) is 9.49. The van der Waals surface area contributed by atoms with Crippen LogP contribution in [0.4, 0.5) is 13.2 Å². The van der Waals surface area contributed by atoms with Crippen LogP contribution in [0.15, 0.2) is 16.9 Å². The van der Waals surface area contributed by atoms with E-state index in [-0.39, 0.29) is 41.1 Å². The van der Waals surface area contributed by atoms with Crippen molar-refractivity contribution in [2.45, 2.75) is 51.9 Å². The van der Waals surface area contributed by atoms with Gasteiger partial charge in [-0.05, 0) is 38.3 Å². The van der Waals surface area contributed by atoms with Gasteiger partial charge in [0.2, 0.25) is 0 Å². The molecule has 0 aliphatic heterocycles. The summed E-state index contributed by atoms with van der Waals surface area (Å²) in [6.07, 6.45) is -2.39. The maximum atomic E-state index is 13.3. The maximum Gasteiger partial charge on any atom is 0.433 e. The van der Waals surface area contributed by atoms with Gasteiger partial charge in [0, 0.05) is 17.4 Å². The average molecular weight is 497 g/mol. The molecular weight excluding hydrogens is 475 g/mol. The monoisotopic (exact) mass is 497 g/mol. The molecule has 2 aromatic rings. The van der Waals surface area contributed by atoms with Crippen molar-refractivity contribution < 1.29 is 32.3 Å². The third kappa shape index (κ3) is 4.88. The predicted octanol–water partition coefficient (Wildman–Crippen LogP) is 3.00. The molecule has 0 radical (unpaired) electrons. The number of alkyl halides is 3. The molecule has 0 N–H and O–H groups in total. The number of fused-ring (bicyclic) bond motifs is 2. The average Bonchev–Trinajstić information content (AvgIpc) is 3.11. The van der Waals surface area contributed by atoms with E-state index in [9.17, 15) is 32.3 Å². The fraction of sp³-hybridized carbons (Fsp3) is 0.545. The predicted molar refractivity (Wildman–Crippen MR) is 113 cm³/mol. The minimum absolute atomic E-state index is 0.0639. The maximum absolute atomic E-state index is 13.3. The number of halogens is 3. The molecule has 0 amide bonds. The summed E-state index contributed by atoms with van der Waals surface area (Å²) in [5.41, 5.74) is -1.76. The van der Waals surface area contributed by atoms with Crippen LogP contribution in [-0.2, 0) is 33.7 Å². The highest BCUT2D eigenvalue weighted by atomic mass is 32.1. The Bertz CT molecular complexity index is 1170. The van der Waals surface area contributed by atoms with Crippen LogP contribution >= 0.6 is 11.3 Å². The lowest BCUT2D eigenvalue weighted by Gasteiger charge is -2.36. The van der Waals surface area contributed by atoms with Gasteiger partial charge in [-0.3, -0.25) is 19.2 Å². The summed E-state index contributed by atoms with van der Waals surface area (Å²) in [5, 5.41) is 4.56. The Morgan fingerprint density at radius 3 is 2.44 bits per heavy atom. The zero-order valence-corrected chi connectivity index (χ0v) is 19.1. The summed E-state index contributed by atoms with van der Waals surface area (Å²) < 4.78 is 46.3. The Morgan fingerprint density at radius 2 is 1.85 bits per heavy atom.